The highest BCUT2D eigenvalue weighted by Crippen LogP contribution is 2.32. The molecule has 0 radical (unpaired) electrons. The number of aryl methyl sites for hydroxylation is 1. The van der Waals surface area contributed by atoms with Crippen molar-refractivity contribution in [2.75, 3.05) is 18.8 Å². The monoisotopic (exact) mass is 295 g/mol. The number of fused-ring (bicyclic) bond motifs is 1. The molecule has 0 saturated heterocycles. The van der Waals surface area contributed by atoms with Crippen LogP contribution in [0.25, 0.3) is 0 Å². The van der Waals surface area contributed by atoms with Crippen molar-refractivity contribution in [3.63, 3.8) is 0 Å². The van der Waals surface area contributed by atoms with E-state index in [2.05, 4.69) is 37.6 Å². The Labute approximate surface area is 126 Å². The van der Waals surface area contributed by atoms with Gasteiger partial charge < -0.3 is 14.8 Å². The first kappa shape index (κ1) is 15.5. The minimum atomic E-state index is 0.351. The fourth-order valence-electron chi connectivity index (χ4n) is 2.45. The van der Waals surface area contributed by atoms with E-state index >= 15 is 0 Å². The van der Waals surface area contributed by atoms with Crippen LogP contribution in [0.4, 0.5) is 0 Å². The Morgan fingerprint density at radius 1 is 1.30 bits per heavy atom. The summed E-state index contributed by atoms with van der Waals surface area (Å²) in [6.07, 6.45) is 5.57. The normalized spacial score (nSPS) is 16.1. The molecule has 4 heteroatoms. The maximum absolute atomic E-state index is 5.42. The molecule has 0 amide bonds. The summed E-state index contributed by atoms with van der Waals surface area (Å²) in [6, 6.07) is 7.42. The smallest absolute Gasteiger partial charge is 0.231 e. The predicted octanol–water partition coefficient (Wildman–Crippen LogP) is 3.47. The topological polar surface area (TPSA) is 30.5 Å². The van der Waals surface area contributed by atoms with Gasteiger partial charge in [-0.2, -0.15) is 11.8 Å². The van der Waals surface area contributed by atoms with E-state index in [1.165, 1.54) is 17.7 Å². The molecule has 3 nitrogen and oxygen atoms in total. The first-order valence-electron chi connectivity index (χ1n) is 7.36. The standard InChI is InChI=1S/C16H25NO2S/c1-4-14(10-20-3)17-12(2)5-6-13-7-8-15-16(9-13)19-11-18-15/h7-9,12,14,17H,4-6,10-11H2,1-3H3. The number of rotatable bonds is 8. The lowest BCUT2D eigenvalue weighted by Gasteiger charge is -2.21. The highest BCUT2D eigenvalue weighted by atomic mass is 32.2. The van der Waals surface area contributed by atoms with Gasteiger partial charge >= 0.3 is 0 Å². The summed E-state index contributed by atoms with van der Waals surface area (Å²) in [5.41, 5.74) is 1.32. The molecule has 0 bridgehead atoms. The van der Waals surface area contributed by atoms with Crippen molar-refractivity contribution in [3.8, 4) is 11.5 Å². The Morgan fingerprint density at radius 2 is 2.10 bits per heavy atom. The Balaban J connectivity index is 1.79. The SMILES string of the molecule is CCC(CSC)NC(C)CCc1ccc2c(c1)OCO2. The quantitative estimate of drug-likeness (QED) is 0.795. The van der Waals surface area contributed by atoms with Gasteiger partial charge in [-0.05, 0) is 50.1 Å². The zero-order valence-corrected chi connectivity index (χ0v) is 13.5. The molecular weight excluding hydrogens is 270 g/mol. The van der Waals surface area contributed by atoms with Crippen LogP contribution < -0.4 is 14.8 Å². The van der Waals surface area contributed by atoms with E-state index < -0.39 is 0 Å². The molecule has 0 spiro atoms. The van der Waals surface area contributed by atoms with Gasteiger partial charge in [0, 0.05) is 17.8 Å². The van der Waals surface area contributed by atoms with Gasteiger partial charge in [-0.3, -0.25) is 0 Å². The lowest BCUT2D eigenvalue weighted by atomic mass is 10.0. The second-order valence-electron chi connectivity index (χ2n) is 5.35. The molecule has 2 rings (SSSR count). The number of nitrogens with one attached hydrogen (secondary N) is 1. The van der Waals surface area contributed by atoms with Gasteiger partial charge in [0.15, 0.2) is 11.5 Å². The molecule has 1 aromatic carbocycles. The lowest BCUT2D eigenvalue weighted by Crippen LogP contribution is -2.38. The molecule has 112 valence electrons. The zero-order chi connectivity index (χ0) is 14.4. The molecule has 2 unspecified atom stereocenters. The van der Waals surface area contributed by atoms with Crippen LogP contribution in [0.15, 0.2) is 18.2 Å². The van der Waals surface area contributed by atoms with E-state index in [0.29, 0.717) is 18.9 Å². The van der Waals surface area contributed by atoms with Gasteiger partial charge in [0.1, 0.15) is 0 Å². The Bertz CT molecular complexity index is 425. The first-order valence-corrected chi connectivity index (χ1v) is 8.75. The molecule has 1 heterocycles. The first-order chi connectivity index (χ1) is 9.72. The molecule has 0 saturated carbocycles. The fraction of sp³-hybridized carbons (Fsp3) is 0.625. The third-order valence-corrected chi connectivity index (χ3v) is 4.42. The number of thioether (sulfide) groups is 1. The van der Waals surface area contributed by atoms with Crippen molar-refractivity contribution in [2.24, 2.45) is 0 Å². The molecule has 0 aliphatic carbocycles. The summed E-state index contributed by atoms with van der Waals surface area (Å²) in [5.74, 6) is 2.94. The van der Waals surface area contributed by atoms with Gasteiger partial charge in [0.25, 0.3) is 0 Å². The van der Waals surface area contributed by atoms with Crippen LogP contribution in [-0.2, 0) is 6.42 Å². The van der Waals surface area contributed by atoms with Crippen molar-refractivity contribution in [3.05, 3.63) is 23.8 Å². The van der Waals surface area contributed by atoms with Crippen molar-refractivity contribution in [1.29, 1.82) is 0 Å². The molecule has 0 fully saturated rings. The third-order valence-electron chi connectivity index (χ3n) is 3.68. The Hall–Kier alpha value is -0.870. The van der Waals surface area contributed by atoms with E-state index in [9.17, 15) is 0 Å². The fourth-order valence-corrected chi connectivity index (χ4v) is 3.18. The summed E-state index contributed by atoms with van der Waals surface area (Å²) in [5, 5.41) is 3.71. The summed E-state index contributed by atoms with van der Waals surface area (Å²) >= 11 is 1.91. The number of hydrogen-bond acceptors (Lipinski definition) is 4. The molecule has 20 heavy (non-hydrogen) atoms. The second-order valence-corrected chi connectivity index (χ2v) is 6.27. The van der Waals surface area contributed by atoms with Crippen molar-refractivity contribution >= 4 is 11.8 Å². The molecule has 1 aliphatic heterocycles. The zero-order valence-electron chi connectivity index (χ0n) is 12.6. The highest BCUT2D eigenvalue weighted by Gasteiger charge is 2.14. The van der Waals surface area contributed by atoms with Crippen LogP contribution in [0.3, 0.4) is 0 Å². The van der Waals surface area contributed by atoms with Crippen LogP contribution in [0.5, 0.6) is 11.5 Å². The van der Waals surface area contributed by atoms with Crippen LogP contribution in [0.1, 0.15) is 32.3 Å². The van der Waals surface area contributed by atoms with Gasteiger partial charge in [0.2, 0.25) is 6.79 Å². The summed E-state index contributed by atoms with van der Waals surface area (Å²) in [6.45, 7) is 4.87. The second kappa shape index (κ2) is 7.79. The number of ether oxygens (including phenoxy) is 2. The van der Waals surface area contributed by atoms with E-state index in [0.717, 1.165) is 24.3 Å². The lowest BCUT2D eigenvalue weighted by molar-refractivity contribution is 0.174. The van der Waals surface area contributed by atoms with Crippen LogP contribution in [0, 0.1) is 0 Å². The average Bonchev–Trinajstić information content (AvgIpc) is 2.92. The Morgan fingerprint density at radius 3 is 2.85 bits per heavy atom. The molecule has 1 aliphatic rings. The average molecular weight is 295 g/mol. The molecule has 1 N–H and O–H groups in total. The van der Waals surface area contributed by atoms with Crippen LogP contribution in [-0.4, -0.2) is 30.9 Å². The summed E-state index contributed by atoms with van der Waals surface area (Å²) < 4.78 is 10.8. The van der Waals surface area contributed by atoms with E-state index in [-0.39, 0.29) is 0 Å². The van der Waals surface area contributed by atoms with Crippen LogP contribution >= 0.6 is 11.8 Å². The largest absolute Gasteiger partial charge is 0.454 e. The summed E-state index contributed by atoms with van der Waals surface area (Å²) in [7, 11) is 0. The van der Waals surface area contributed by atoms with E-state index in [4.69, 9.17) is 9.47 Å². The highest BCUT2D eigenvalue weighted by molar-refractivity contribution is 7.98. The van der Waals surface area contributed by atoms with Crippen molar-refractivity contribution in [2.45, 2.75) is 45.2 Å². The van der Waals surface area contributed by atoms with E-state index in [1.807, 2.05) is 17.8 Å². The van der Waals surface area contributed by atoms with Gasteiger partial charge in [-0.1, -0.05) is 13.0 Å². The van der Waals surface area contributed by atoms with Gasteiger partial charge in [-0.25, -0.2) is 0 Å². The Kier molecular flexibility index (Phi) is 6.05. The molecule has 1 aromatic rings. The maximum Gasteiger partial charge on any atom is 0.231 e. The van der Waals surface area contributed by atoms with Crippen molar-refractivity contribution < 1.29 is 9.47 Å². The minimum absolute atomic E-state index is 0.351. The van der Waals surface area contributed by atoms with Crippen molar-refractivity contribution in [1.82, 2.24) is 5.32 Å². The summed E-state index contributed by atoms with van der Waals surface area (Å²) in [4.78, 5) is 0. The molecule has 0 aromatic heterocycles. The predicted molar refractivity (Wildman–Crippen MR) is 85.9 cm³/mol. The van der Waals surface area contributed by atoms with E-state index in [1.54, 1.807) is 0 Å². The third kappa shape index (κ3) is 4.32. The van der Waals surface area contributed by atoms with Crippen LogP contribution in [0.2, 0.25) is 0 Å². The van der Waals surface area contributed by atoms with Gasteiger partial charge in [0.05, 0.1) is 0 Å². The number of hydrogen-bond donors (Lipinski definition) is 1. The molecular formula is C16H25NO2S. The maximum atomic E-state index is 5.42. The minimum Gasteiger partial charge on any atom is -0.454 e. The van der Waals surface area contributed by atoms with Gasteiger partial charge in [-0.15, -0.1) is 0 Å². The molecule has 2 atom stereocenters. The number of benzene rings is 1.